The summed E-state index contributed by atoms with van der Waals surface area (Å²) in [7, 11) is 0. The number of hydrogen-bond donors (Lipinski definition) is 0. The molecule has 0 amide bonds. The number of rotatable bonds is 6. The highest BCUT2D eigenvalue weighted by atomic mass is 32.1. The number of para-hydroxylation sites is 3. The molecule has 13 rings (SSSR count). The van der Waals surface area contributed by atoms with Gasteiger partial charge in [-0.3, -0.25) is 0 Å². The van der Waals surface area contributed by atoms with Crippen molar-refractivity contribution in [3.63, 3.8) is 0 Å². The molecule has 1 aliphatic carbocycles. The van der Waals surface area contributed by atoms with Gasteiger partial charge in [-0.25, -0.2) is 0 Å². The number of aromatic nitrogens is 3. The average molecular weight is 892 g/mol. The first-order valence-electron chi connectivity index (χ1n) is 23.7. The highest BCUT2D eigenvalue weighted by molar-refractivity contribution is 7.25. The van der Waals surface area contributed by atoms with Gasteiger partial charge in [0, 0.05) is 58.4 Å². The van der Waals surface area contributed by atoms with Gasteiger partial charge in [-0.1, -0.05) is 125 Å². The highest BCUT2D eigenvalue weighted by Gasteiger charge is 2.34. The van der Waals surface area contributed by atoms with E-state index >= 15 is 0 Å². The molecule has 1 aliphatic rings. The van der Waals surface area contributed by atoms with E-state index in [-0.39, 0.29) is 0 Å². The third-order valence-electron chi connectivity index (χ3n) is 14.6. The zero-order valence-corrected chi connectivity index (χ0v) is 39.1. The molecule has 6 heteroatoms. The van der Waals surface area contributed by atoms with E-state index in [0.29, 0.717) is 28.7 Å². The molecule has 0 fully saturated rings. The summed E-state index contributed by atoms with van der Waals surface area (Å²) >= 11 is 1.79. The second-order valence-electron chi connectivity index (χ2n) is 18.9. The minimum atomic E-state index is 0.308. The summed E-state index contributed by atoms with van der Waals surface area (Å²) in [4.78, 5) is 0. The Morgan fingerprint density at radius 2 is 0.971 bits per heavy atom. The molecule has 0 unspecified atom stereocenters. The number of fused-ring (bicyclic) bond motifs is 12. The van der Waals surface area contributed by atoms with Gasteiger partial charge >= 0.3 is 0 Å². The van der Waals surface area contributed by atoms with Crippen LogP contribution in [-0.4, -0.2) is 13.7 Å². The number of allylic oxidation sites excluding steroid dienone is 1. The summed E-state index contributed by atoms with van der Waals surface area (Å²) in [5, 5.41) is 32.4. The lowest BCUT2D eigenvalue weighted by molar-refractivity contribution is 0.868. The number of hydrogen-bond acceptors (Lipinski definition) is 3. The monoisotopic (exact) mass is 891 g/mol. The molecule has 324 valence electrons. The zero-order chi connectivity index (χ0) is 45.9. The lowest BCUT2D eigenvalue weighted by Gasteiger charge is -2.27. The molecular weight excluding hydrogens is 847 g/mol. The molecule has 0 aliphatic heterocycles. The lowest BCUT2D eigenvalue weighted by Crippen LogP contribution is -2.15. The Hall–Kier alpha value is -8.16. The Balaban J connectivity index is 1.32. The van der Waals surface area contributed by atoms with E-state index in [0.717, 1.165) is 95.6 Å². The van der Waals surface area contributed by atoms with E-state index in [4.69, 9.17) is 0 Å². The molecule has 8 aromatic carbocycles. The van der Waals surface area contributed by atoms with Crippen LogP contribution in [0.3, 0.4) is 0 Å². The number of benzene rings is 8. The van der Waals surface area contributed by atoms with E-state index in [1.807, 2.05) is 0 Å². The van der Waals surface area contributed by atoms with E-state index < -0.39 is 0 Å². The van der Waals surface area contributed by atoms with Crippen LogP contribution in [0.25, 0.3) is 109 Å². The largest absolute Gasteiger partial charge is 0.307 e. The molecule has 0 atom stereocenters. The van der Waals surface area contributed by atoms with Crippen molar-refractivity contribution in [1.29, 1.82) is 10.5 Å². The van der Waals surface area contributed by atoms with Gasteiger partial charge < -0.3 is 13.7 Å². The molecular formula is C62H45N5S. The molecule has 4 heterocycles. The average Bonchev–Trinajstić information content (AvgIpc) is 4.11. The van der Waals surface area contributed by atoms with Crippen LogP contribution >= 0.6 is 11.3 Å². The number of aryl methyl sites for hydroxylation is 1. The summed E-state index contributed by atoms with van der Waals surface area (Å²) in [5.74, 6) is 0.615. The Bertz CT molecular complexity index is 4120. The summed E-state index contributed by atoms with van der Waals surface area (Å²) in [5.41, 5.74) is 14.4. The summed E-state index contributed by atoms with van der Waals surface area (Å²) < 4.78 is 9.32. The van der Waals surface area contributed by atoms with Gasteiger partial charge in [-0.05, 0) is 114 Å². The van der Waals surface area contributed by atoms with Crippen LogP contribution in [0.5, 0.6) is 0 Å². The third-order valence-corrected chi connectivity index (χ3v) is 15.7. The number of nitriles is 2. The Morgan fingerprint density at radius 1 is 0.471 bits per heavy atom. The predicted octanol–water partition coefficient (Wildman–Crippen LogP) is 16.8. The number of thiophene rings is 1. The number of nitrogens with zero attached hydrogens (tertiary/aromatic N) is 5. The molecule has 0 saturated carbocycles. The maximum Gasteiger partial charge on any atom is 0.104 e. The van der Waals surface area contributed by atoms with Crippen molar-refractivity contribution in [1.82, 2.24) is 13.7 Å². The lowest BCUT2D eigenvalue weighted by atomic mass is 9.90. The van der Waals surface area contributed by atoms with E-state index in [1.54, 1.807) is 11.3 Å². The molecule has 0 N–H and O–H groups in total. The van der Waals surface area contributed by atoms with Gasteiger partial charge in [0.05, 0.1) is 44.6 Å². The first kappa shape index (κ1) is 40.1. The van der Waals surface area contributed by atoms with Gasteiger partial charge in [0.2, 0.25) is 0 Å². The first-order valence-corrected chi connectivity index (χ1v) is 24.5. The quantitative estimate of drug-likeness (QED) is 0.167. The standard InChI is InChI=1S/C62H45N5S/c1-36(2)38-25-28-55-46(31-38)47-32-39(37(3)4)26-29-56(47)65(55)60-49(34-63)61(66-51-20-10-5-15-41(51)42-16-6-11-21-52(42)66)59(40-27-30-58-48(33-40)45-19-9-14-24-57(45)68-58)62(50(60)35-64)67-53-22-12-7-17-43(53)44-18-8-13-23-54(44)67/h5-7,9-17,19-33,36-37H,8,18H2,1-4H3. The molecule has 0 bridgehead atoms. The predicted molar refractivity (Wildman–Crippen MR) is 285 cm³/mol. The van der Waals surface area contributed by atoms with Crippen molar-refractivity contribution in [2.45, 2.75) is 52.4 Å². The minimum Gasteiger partial charge on any atom is -0.307 e. The van der Waals surface area contributed by atoms with Crippen molar-refractivity contribution < 1.29 is 0 Å². The smallest absolute Gasteiger partial charge is 0.104 e. The molecule has 0 radical (unpaired) electrons. The van der Waals surface area contributed by atoms with Crippen molar-refractivity contribution >= 4 is 92.1 Å². The Morgan fingerprint density at radius 3 is 1.57 bits per heavy atom. The van der Waals surface area contributed by atoms with Crippen LogP contribution in [0, 0.1) is 22.7 Å². The Kier molecular flexibility index (Phi) is 8.97. The SMILES string of the molecule is CC(C)c1ccc2c(c1)c1cc(C(C)C)ccc1n2-c1c(C#N)c(-n2c3c(c4ccccc42)CCC=C3)c(-c2ccc3sc4ccccc4c3c2)c(-n2c3ccccc3c3ccccc32)c1C#N. The topological polar surface area (TPSA) is 62.4 Å². The normalized spacial score (nSPS) is 12.8. The van der Waals surface area contributed by atoms with Crippen molar-refractivity contribution in [2.24, 2.45) is 0 Å². The van der Waals surface area contributed by atoms with Crippen LogP contribution in [0.2, 0.25) is 0 Å². The van der Waals surface area contributed by atoms with E-state index in [1.165, 1.54) is 36.9 Å². The van der Waals surface area contributed by atoms with Crippen LogP contribution in [0.4, 0.5) is 0 Å². The van der Waals surface area contributed by atoms with E-state index in [2.05, 4.69) is 217 Å². The van der Waals surface area contributed by atoms with Crippen molar-refractivity contribution in [3.05, 3.63) is 191 Å². The highest BCUT2D eigenvalue weighted by Crippen LogP contribution is 2.50. The third kappa shape index (κ3) is 5.65. The summed E-state index contributed by atoms with van der Waals surface area (Å²) in [6.07, 6.45) is 6.33. The molecule has 68 heavy (non-hydrogen) atoms. The Labute approximate surface area is 398 Å². The minimum absolute atomic E-state index is 0.308. The molecule has 4 aromatic heterocycles. The van der Waals surface area contributed by atoms with Gasteiger partial charge in [0.15, 0.2) is 0 Å². The van der Waals surface area contributed by atoms with Crippen molar-refractivity contribution in [3.8, 4) is 40.3 Å². The van der Waals surface area contributed by atoms with Gasteiger partial charge in [-0.2, -0.15) is 10.5 Å². The maximum atomic E-state index is 12.3. The fraction of sp³-hybridized carbons (Fsp3) is 0.129. The second kappa shape index (κ2) is 15.2. The van der Waals surface area contributed by atoms with Crippen molar-refractivity contribution in [2.75, 3.05) is 0 Å². The van der Waals surface area contributed by atoms with Crippen LogP contribution < -0.4 is 0 Å². The second-order valence-corrected chi connectivity index (χ2v) is 20.0. The fourth-order valence-corrected chi connectivity index (χ4v) is 12.4. The zero-order valence-electron chi connectivity index (χ0n) is 38.3. The molecule has 12 aromatic rings. The summed E-state index contributed by atoms with van der Waals surface area (Å²) in [6, 6.07) is 60.3. The van der Waals surface area contributed by atoms with Gasteiger partial charge in [0.25, 0.3) is 0 Å². The fourth-order valence-electron chi connectivity index (χ4n) is 11.4. The van der Waals surface area contributed by atoms with Gasteiger partial charge in [-0.15, -0.1) is 11.3 Å². The van der Waals surface area contributed by atoms with Crippen LogP contribution in [-0.2, 0) is 6.42 Å². The van der Waals surface area contributed by atoms with E-state index in [9.17, 15) is 10.5 Å². The molecule has 5 nitrogen and oxygen atoms in total. The molecule has 0 saturated heterocycles. The van der Waals surface area contributed by atoms with Gasteiger partial charge in [0.1, 0.15) is 23.3 Å². The molecule has 0 spiro atoms. The first-order chi connectivity index (χ1) is 33.3. The summed E-state index contributed by atoms with van der Waals surface area (Å²) in [6.45, 7) is 8.93. The van der Waals surface area contributed by atoms with Crippen LogP contribution in [0.15, 0.2) is 158 Å². The maximum absolute atomic E-state index is 12.3. The van der Waals surface area contributed by atoms with Crippen LogP contribution in [0.1, 0.15) is 79.5 Å².